The summed E-state index contributed by atoms with van der Waals surface area (Å²) in [5.41, 5.74) is 5.43. The third-order valence-electron chi connectivity index (χ3n) is 6.04. The summed E-state index contributed by atoms with van der Waals surface area (Å²) in [6, 6.07) is 22.1. The summed E-state index contributed by atoms with van der Waals surface area (Å²) < 4.78 is 11.7. The van der Waals surface area contributed by atoms with Gasteiger partial charge in [-0.1, -0.05) is 68.9 Å². The topological polar surface area (TPSA) is 92.8 Å². The SMILES string of the molecule is COc1cc(C=NNC(=O)c2[nH]c3c(Cl)cc(Cl)cc3c2-c2ccccc2Cl)ccc1OC(=O)c1ccc(Br)cc1. The van der Waals surface area contributed by atoms with Gasteiger partial charge >= 0.3 is 5.97 Å². The van der Waals surface area contributed by atoms with Crippen molar-refractivity contribution in [1.29, 1.82) is 0 Å². The number of hydrazone groups is 1. The lowest BCUT2D eigenvalue weighted by Gasteiger charge is -2.10. The Morgan fingerprint density at radius 1 is 0.927 bits per heavy atom. The zero-order chi connectivity index (χ0) is 29.1. The molecule has 1 amide bonds. The van der Waals surface area contributed by atoms with E-state index >= 15 is 0 Å². The van der Waals surface area contributed by atoms with E-state index in [1.165, 1.54) is 13.3 Å². The van der Waals surface area contributed by atoms with Crippen LogP contribution in [-0.4, -0.2) is 30.2 Å². The van der Waals surface area contributed by atoms with E-state index < -0.39 is 11.9 Å². The monoisotopic (exact) mass is 669 g/mol. The summed E-state index contributed by atoms with van der Waals surface area (Å²) in [6.07, 6.45) is 1.43. The van der Waals surface area contributed by atoms with Crippen molar-refractivity contribution in [1.82, 2.24) is 10.4 Å². The molecule has 0 aliphatic carbocycles. The summed E-state index contributed by atoms with van der Waals surface area (Å²) in [6.45, 7) is 0. The molecule has 0 bridgehead atoms. The normalized spacial score (nSPS) is 11.1. The molecule has 0 spiro atoms. The van der Waals surface area contributed by atoms with Crippen LogP contribution in [0.5, 0.6) is 11.5 Å². The van der Waals surface area contributed by atoms with Gasteiger partial charge in [-0.3, -0.25) is 4.79 Å². The van der Waals surface area contributed by atoms with Gasteiger partial charge in [0.25, 0.3) is 5.91 Å². The van der Waals surface area contributed by atoms with Gasteiger partial charge in [0.15, 0.2) is 11.5 Å². The van der Waals surface area contributed by atoms with Gasteiger partial charge in [0.2, 0.25) is 0 Å². The molecule has 0 atom stereocenters. The number of halogens is 4. The molecule has 0 unspecified atom stereocenters. The van der Waals surface area contributed by atoms with Gasteiger partial charge in [-0.25, -0.2) is 10.2 Å². The Kier molecular flexibility index (Phi) is 8.65. The third-order valence-corrected chi connectivity index (χ3v) is 7.42. The number of esters is 1. The first kappa shape index (κ1) is 28.7. The quantitative estimate of drug-likeness (QED) is 0.0785. The van der Waals surface area contributed by atoms with Gasteiger partial charge in [-0.2, -0.15) is 5.10 Å². The van der Waals surface area contributed by atoms with Gasteiger partial charge in [0, 0.05) is 31.0 Å². The Labute approximate surface area is 258 Å². The number of carbonyl (C=O) groups excluding carboxylic acids is 2. The van der Waals surface area contributed by atoms with Gasteiger partial charge in [0.05, 0.1) is 29.4 Å². The highest BCUT2D eigenvalue weighted by molar-refractivity contribution is 9.10. The van der Waals surface area contributed by atoms with Gasteiger partial charge < -0.3 is 14.5 Å². The number of benzene rings is 4. The molecule has 0 saturated carbocycles. The molecule has 1 heterocycles. The number of nitrogens with one attached hydrogen (secondary N) is 2. The number of rotatable bonds is 7. The number of ether oxygens (including phenoxy) is 2. The van der Waals surface area contributed by atoms with Crippen LogP contribution in [0.1, 0.15) is 26.4 Å². The second-order valence-electron chi connectivity index (χ2n) is 8.67. The average Bonchev–Trinajstić information content (AvgIpc) is 3.34. The molecule has 0 radical (unpaired) electrons. The highest BCUT2D eigenvalue weighted by Crippen LogP contribution is 2.40. The van der Waals surface area contributed by atoms with Crippen molar-refractivity contribution in [2.75, 3.05) is 7.11 Å². The molecule has 7 nitrogen and oxygen atoms in total. The summed E-state index contributed by atoms with van der Waals surface area (Å²) in [7, 11) is 1.46. The lowest BCUT2D eigenvalue weighted by molar-refractivity contribution is 0.0729. The number of hydrogen-bond donors (Lipinski definition) is 2. The number of nitrogens with zero attached hydrogens (tertiary/aromatic N) is 1. The van der Waals surface area contributed by atoms with E-state index in [0.717, 1.165) is 4.47 Å². The molecule has 11 heteroatoms. The number of aromatic amines is 1. The summed E-state index contributed by atoms with van der Waals surface area (Å²) in [5, 5.41) is 5.97. The molecule has 41 heavy (non-hydrogen) atoms. The van der Waals surface area contributed by atoms with Crippen LogP contribution >= 0.6 is 50.7 Å². The predicted molar refractivity (Wildman–Crippen MR) is 166 cm³/mol. The minimum atomic E-state index is -0.529. The van der Waals surface area contributed by atoms with Crippen molar-refractivity contribution in [3.05, 3.63) is 115 Å². The number of hydrogen-bond acceptors (Lipinski definition) is 5. The van der Waals surface area contributed by atoms with Crippen molar-refractivity contribution in [3.8, 4) is 22.6 Å². The Hall–Kier alpha value is -3.82. The van der Waals surface area contributed by atoms with Crippen molar-refractivity contribution >= 4 is 79.7 Å². The summed E-state index contributed by atoms with van der Waals surface area (Å²) >= 11 is 22.5. The predicted octanol–water partition coefficient (Wildman–Crippen LogP) is 8.55. The smallest absolute Gasteiger partial charge is 0.343 e. The molecule has 4 aromatic carbocycles. The first-order valence-corrected chi connectivity index (χ1v) is 13.9. The number of aromatic nitrogens is 1. The van der Waals surface area contributed by atoms with E-state index in [9.17, 15) is 9.59 Å². The van der Waals surface area contributed by atoms with E-state index in [0.29, 0.717) is 54.0 Å². The molecule has 5 rings (SSSR count). The number of fused-ring (bicyclic) bond motifs is 1. The lowest BCUT2D eigenvalue weighted by atomic mass is 10.0. The molecule has 1 aromatic heterocycles. The van der Waals surface area contributed by atoms with Crippen molar-refractivity contribution in [3.63, 3.8) is 0 Å². The van der Waals surface area contributed by atoms with Crippen LogP contribution in [0.2, 0.25) is 15.1 Å². The Morgan fingerprint density at radius 2 is 1.68 bits per heavy atom. The minimum absolute atomic E-state index is 0.210. The Morgan fingerprint density at radius 3 is 2.41 bits per heavy atom. The minimum Gasteiger partial charge on any atom is -0.493 e. The molecular formula is C30H19BrCl3N3O4. The Bertz CT molecular complexity index is 1820. The highest BCUT2D eigenvalue weighted by atomic mass is 79.9. The third kappa shape index (κ3) is 6.26. The average molecular weight is 672 g/mol. The zero-order valence-electron chi connectivity index (χ0n) is 21.2. The fourth-order valence-corrected chi connectivity index (χ4v) is 5.18. The van der Waals surface area contributed by atoms with E-state index in [2.05, 4.69) is 31.4 Å². The maximum absolute atomic E-state index is 13.3. The number of amides is 1. The van der Waals surface area contributed by atoms with E-state index in [1.807, 2.05) is 6.07 Å². The Balaban J connectivity index is 1.38. The summed E-state index contributed by atoms with van der Waals surface area (Å²) in [4.78, 5) is 28.9. The summed E-state index contributed by atoms with van der Waals surface area (Å²) in [5.74, 6) is -0.501. The fourth-order valence-electron chi connectivity index (χ4n) is 4.15. The zero-order valence-corrected chi connectivity index (χ0v) is 25.0. The van der Waals surface area contributed by atoms with Crippen LogP contribution in [-0.2, 0) is 0 Å². The van der Waals surface area contributed by atoms with Crippen LogP contribution in [0.3, 0.4) is 0 Å². The van der Waals surface area contributed by atoms with Gasteiger partial charge in [0.1, 0.15) is 5.69 Å². The van der Waals surface area contributed by atoms with Crippen LogP contribution < -0.4 is 14.9 Å². The van der Waals surface area contributed by atoms with E-state index in [1.54, 1.807) is 72.8 Å². The molecule has 0 fully saturated rings. The molecule has 0 aliphatic heterocycles. The molecule has 0 saturated heterocycles. The van der Waals surface area contributed by atoms with E-state index in [-0.39, 0.29) is 11.4 Å². The van der Waals surface area contributed by atoms with Crippen LogP contribution in [0, 0.1) is 0 Å². The molecule has 0 aliphatic rings. The maximum atomic E-state index is 13.3. The van der Waals surface area contributed by atoms with Crippen LogP contribution in [0.25, 0.3) is 22.0 Å². The second kappa shape index (κ2) is 12.4. The van der Waals surface area contributed by atoms with Gasteiger partial charge in [-0.15, -0.1) is 0 Å². The number of H-pyrrole nitrogens is 1. The molecule has 5 aromatic rings. The first-order chi connectivity index (χ1) is 19.7. The molecule has 206 valence electrons. The largest absolute Gasteiger partial charge is 0.493 e. The molecular weight excluding hydrogens is 653 g/mol. The van der Waals surface area contributed by atoms with E-state index in [4.69, 9.17) is 44.3 Å². The highest BCUT2D eigenvalue weighted by Gasteiger charge is 2.22. The first-order valence-electron chi connectivity index (χ1n) is 12.0. The number of methoxy groups -OCH3 is 1. The standard InChI is InChI=1S/C30H19BrCl3N3O4/c1-40-25-12-16(6-11-24(25)41-30(39)17-7-9-18(31)10-8-17)15-35-37-29(38)28-26(20-4-2-3-5-22(20)33)21-13-19(32)14-23(34)27(21)36-28/h2-15,36H,1H3,(H,37,38). The van der Waals surface area contributed by atoms with Crippen molar-refractivity contribution in [2.24, 2.45) is 5.10 Å². The number of carbonyl (C=O) groups is 2. The van der Waals surface area contributed by atoms with Crippen LogP contribution in [0.4, 0.5) is 0 Å². The fraction of sp³-hybridized carbons (Fsp3) is 0.0333. The van der Waals surface area contributed by atoms with Gasteiger partial charge in [-0.05, 0) is 66.2 Å². The lowest BCUT2D eigenvalue weighted by Crippen LogP contribution is -2.19. The van der Waals surface area contributed by atoms with Crippen molar-refractivity contribution < 1.29 is 19.1 Å². The molecule has 2 N–H and O–H groups in total. The second-order valence-corrected chi connectivity index (χ2v) is 10.8. The maximum Gasteiger partial charge on any atom is 0.343 e. The van der Waals surface area contributed by atoms with Crippen LogP contribution in [0.15, 0.2) is 88.4 Å². The van der Waals surface area contributed by atoms with Crippen molar-refractivity contribution in [2.45, 2.75) is 0 Å².